The Morgan fingerprint density at radius 2 is 2.00 bits per heavy atom. The predicted molar refractivity (Wildman–Crippen MR) is 84.6 cm³/mol. The van der Waals surface area contributed by atoms with E-state index in [2.05, 4.69) is 25.4 Å². The summed E-state index contributed by atoms with van der Waals surface area (Å²) in [4.78, 5) is 12.3. The number of hydrogen-bond acceptors (Lipinski definition) is 5. The zero-order valence-electron chi connectivity index (χ0n) is 13.3. The first-order valence-electron chi connectivity index (χ1n) is 7.29. The zero-order chi connectivity index (χ0) is 18.0. The largest absolute Gasteiger partial charge is 0.435 e. The number of nitrogens with one attached hydrogen (secondary N) is 2. The van der Waals surface area contributed by atoms with E-state index in [0.717, 1.165) is 0 Å². The highest BCUT2D eigenvalue weighted by atomic mass is 19.3. The van der Waals surface area contributed by atoms with Gasteiger partial charge in [0.1, 0.15) is 22.8 Å². The van der Waals surface area contributed by atoms with Gasteiger partial charge in [0.2, 0.25) is 0 Å². The third-order valence-electron chi connectivity index (χ3n) is 3.47. The Kier molecular flexibility index (Phi) is 4.46. The molecule has 0 atom stereocenters. The molecule has 2 N–H and O–H groups in total. The second-order valence-electron chi connectivity index (χ2n) is 5.22. The number of rotatable bonds is 5. The fourth-order valence-electron chi connectivity index (χ4n) is 2.24. The van der Waals surface area contributed by atoms with Crippen molar-refractivity contribution < 1.29 is 22.8 Å². The van der Waals surface area contributed by atoms with Gasteiger partial charge in [-0.25, -0.2) is 0 Å². The van der Waals surface area contributed by atoms with Crippen molar-refractivity contribution in [1.82, 2.24) is 15.4 Å². The lowest BCUT2D eigenvalue weighted by Gasteiger charge is -2.04. The molecule has 3 aromatic rings. The molecule has 1 amide bonds. The molecule has 0 aliphatic heterocycles. The number of aryl methyl sites for hydroxylation is 2. The number of halogens is 2. The lowest BCUT2D eigenvalue weighted by atomic mass is 10.1. The number of hydrogen-bond donors (Lipinski definition) is 2. The molecule has 9 heteroatoms. The molecule has 0 fully saturated rings. The van der Waals surface area contributed by atoms with E-state index in [0.29, 0.717) is 28.4 Å². The maximum Gasteiger partial charge on any atom is 0.387 e. The monoisotopic (exact) mass is 348 g/mol. The molecule has 25 heavy (non-hydrogen) atoms. The first-order chi connectivity index (χ1) is 11.9. The van der Waals surface area contributed by atoms with Gasteiger partial charge in [0.25, 0.3) is 5.91 Å². The molecule has 0 saturated heterocycles. The molecule has 0 radical (unpaired) electrons. The molecule has 2 aromatic heterocycles. The Morgan fingerprint density at radius 1 is 1.28 bits per heavy atom. The van der Waals surface area contributed by atoms with E-state index in [9.17, 15) is 13.6 Å². The number of aromatic nitrogens is 3. The molecule has 3 rings (SSSR count). The highest BCUT2D eigenvalue weighted by Crippen LogP contribution is 2.23. The van der Waals surface area contributed by atoms with Crippen LogP contribution in [0.4, 0.5) is 14.5 Å². The van der Waals surface area contributed by atoms with Crippen LogP contribution in [-0.2, 0) is 0 Å². The molecule has 2 heterocycles. The molecule has 0 saturated carbocycles. The van der Waals surface area contributed by atoms with Crippen molar-refractivity contribution in [2.45, 2.75) is 20.5 Å². The Labute approximate surface area is 141 Å². The zero-order valence-corrected chi connectivity index (χ0v) is 13.3. The van der Waals surface area contributed by atoms with E-state index in [-0.39, 0.29) is 11.4 Å². The molecule has 0 spiro atoms. The SMILES string of the molecule is Cc1noc(C)c1NC(=O)c1cc(-c2ccc(OC(F)F)cc2)n[nH]1. The summed E-state index contributed by atoms with van der Waals surface area (Å²) in [5.74, 6) is 0.150. The lowest BCUT2D eigenvalue weighted by Crippen LogP contribution is -2.13. The van der Waals surface area contributed by atoms with Gasteiger partial charge in [0.15, 0.2) is 5.76 Å². The number of carbonyl (C=O) groups is 1. The maximum atomic E-state index is 12.3. The number of H-pyrrole nitrogens is 1. The number of alkyl halides is 2. The lowest BCUT2D eigenvalue weighted by molar-refractivity contribution is -0.0498. The van der Waals surface area contributed by atoms with Crippen molar-refractivity contribution in [2.24, 2.45) is 0 Å². The van der Waals surface area contributed by atoms with Crippen LogP contribution in [0.3, 0.4) is 0 Å². The van der Waals surface area contributed by atoms with Gasteiger partial charge < -0.3 is 14.6 Å². The average molecular weight is 348 g/mol. The van der Waals surface area contributed by atoms with Crippen LogP contribution in [0.15, 0.2) is 34.9 Å². The molecule has 7 nitrogen and oxygen atoms in total. The quantitative estimate of drug-likeness (QED) is 0.736. The van der Waals surface area contributed by atoms with E-state index in [1.54, 1.807) is 32.0 Å². The van der Waals surface area contributed by atoms with E-state index >= 15 is 0 Å². The third-order valence-corrected chi connectivity index (χ3v) is 3.47. The molecule has 0 aliphatic rings. The van der Waals surface area contributed by atoms with Crippen molar-refractivity contribution >= 4 is 11.6 Å². The molecule has 0 unspecified atom stereocenters. The normalized spacial score (nSPS) is 10.9. The van der Waals surface area contributed by atoms with Crippen LogP contribution in [0.2, 0.25) is 0 Å². The van der Waals surface area contributed by atoms with Gasteiger partial charge >= 0.3 is 6.61 Å². The highest BCUT2D eigenvalue weighted by molar-refractivity contribution is 6.04. The summed E-state index contributed by atoms with van der Waals surface area (Å²) in [7, 11) is 0. The van der Waals surface area contributed by atoms with Crippen molar-refractivity contribution in [3.05, 3.63) is 47.5 Å². The third kappa shape index (κ3) is 3.65. The number of anilines is 1. The molecule has 130 valence electrons. The van der Waals surface area contributed by atoms with E-state index < -0.39 is 12.5 Å². The van der Waals surface area contributed by atoms with Gasteiger partial charge in [0, 0.05) is 5.56 Å². The van der Waals surface area contributed by atoms with Crippen LogP contribution in [0.5, 0.6) is 5.75 Å². The van der Waals surface area contributed by atoms with E-state index in [4.69, 9.17) is 4.52 Å². The number of benzene rings is 1. The minimum absolute atomic E-state index is 0.0469. The van der Waals surface area contributed by atoms with Crippen LogP contribution < -0.4 is 10.1 Å². The number of amides is 1. The Hall–Kier alpha value is -3.23. The fourth-order valence-corrected chi connectivity index (χ4v) is 2.24. The average Bonchev–Trinajstić information content (AvgIpc) is 3.17. The van der Waals surface area contributed by atoms with Gasteiger partial charge in [-0.05, 0) is 44.2 Å². The number of aromatic amines is 1. The maximum absolute atomic E-state index is 12.3. The van der Waals surface area contributed by atoms with Crippen molar-refractivity contribution in [3.8, 4) is 17.0 Å². The second-order valence-corrected chi connectivity index (χ2v) is 5.22. The highest BCUT2D eigenvalue weighted by Gasteiger charge is 2.16. The minimum Gasteiger partial charge on any atom is -0.435 e. The van der Waals surface area contributed by atoms with Crippen molar-refractivity contribution in [2.75, 3.05) is 5.32 Å². The molecule has 0 aliphatic carbocycles. The van der Waals surface area contributed by atoms with Crippen LogP contribution >= 0.6 is 0 Å². The summed E-state index contributed by atoms with van der Waals surface area (Å²) in [6.07, 6.45) is 0. The van der Waals surface area contributed by atoms with Crippen LogP contribution in [-0.4, -0.2) is 27.9 Å². The summed E-state index contributed by atoms with van der Waals surface area (Å²) < 4.78 is 33.6. The number of ether oxygens (including phenoxy) is 1. The Balaban J connectivity index is 1.74. The second kappa shape index (κ2) is 6.71. The van der Waals surface area contributed by atoms with E-state index in [1.807, 2.05) is 0 Å². The fraction of sp³-hybridized carbons (Fsp3) is 0.188. The Bertz CT molecular complexity index is 868. The van der Waals surface area contributed by atoms with Crippen LogP contribution in [0, 0.1) is 13.8 Å². The van der Waals surface area contributed by atoms with Crippen molar-refractivity contribution in [3.63, 3.8) is 0 Å². The van der Waals surface area contributed by atoms with Gasteiger partial charge in [-0.1, -0.05) is 5.16 Å². The van der Waals surface area contributed by atoms with Crippen molar-refractivity contribution in [1.29, 1.82) is 0 Å². The van der Waals surface area contributed by atoms with Gasteiger partial charge in [-0.15, -0.1) is 0 Å². The van der Waals surface area contributed by atoms with Gasteiger partial charge in [0.05, 0.1) is 5.69 Å². The summed E-state index contributed by atoms with van der Waals surface area (Å²) in [6, 6.07) is 7.50. The van der Waals surface area contributed by atoms with Crippen LogP contribution in [0.25, 0.3) is 11.3 Å². The topological polar surface area (TPSA) is 93.0 Å². The predicted octanol–water partition coefficient (Wildman–Crippen LogP) is 3.54. The Morgan fingerprint density at radius 3 is 2.60 bits per heavy atom. The summed E-state index contributed by atoms with van der Waals surface area (Å²) >= 11 is 0. The van der Waals surface area contributed by atoms with Gasteiger partial charge in [-0.2, -0.15) is 13.9 Å². The smallest absolute Gasteiger partial charge is 0.387 e. The summed E-state index contributed by atoms with van der Waals surface area (Å²) in [5.41, 5.74) is 2.46. The molecular formula is C16H14F2N4O3. The summed E-state index contributed by atoms with van der Waals surface area (Å²) in [5, 5.41) is 13.2. The number of nitrogens with zero attached hydrogens (tertiary/aromatic N) is 2. The van der Waals surface area contributed by atoms with Gasteiger partial charge in [-0.3, -0.25) is 9.89 Å². The van der Waals surface area contributed by atoms with Crippen LogP contribution in [0.1, 0.15) is 21.9 Å². The molecular weight excluding hydrogens is 334 g/mol. The first kappa shape index (κ1) is 16.6. The molecule has 0 bridgehead atoms. The minimum atomic E-state index is -2.88. The summed E-state index contributed by atoms with van der Waals surface area (Å²) in [6.45, 7) is 0.528. The van der Waals surface area contributed by atoms with E-state index in [1.165, 1.54) is 12.1 Å². The molecule has 1 aromatic carbocycles. The number of carbonyl (C=O) groups excluding carboxylic acids is 1. The first-order valence-corrected chi connectivity index (χ1v) is 7.29. The standard InChI is InChI=1S/C16H14F2N4O3/c1-8-14(9(2)25-22-8)19-15(23)13-7-12(20-21-13)10-3-5-11(6-4-10)24-16(17)18/h3-7,16H,1-2H3,(H,19,23)(H,20,21).